The summed E-state index contributed by atoms with van der Waals surface area (Å²) in [7, 11) is 1.29. The first kappa shape index (κ1) is 28.5. The molecule has 2 unspecified atom stereocenters. The maximum atomic E-state index is 13.2. The smallest absolute Gasteiger partial charge is 0.261 e. The van der Waals surface area contributed by atoms with E-state index in [-0.39, 0.29) is 30.7 Å². The van der Waals surface area contributed by atoms with Crippen LogP contribution in [0.2, 0.25) is 0 Å². The monoisotopic (exact) mass is 499 g/mol. The standard InChI is InChI=1S/C16H21F2N3O2.C7H6F2O.C2H6/c1-11-2-3-14(23-11)15(22)20-12-4-6-19-13(8-12)9-21-7-5-16(17,18)10-21;1-10-6-4-2-3-5(8)7(6)9;1-2/h4,6,8,11,14H,2-3,5,7,9-10H2,1H3,(H,19,20,22);2-4H,1H3;1-2H3. The highest BCUT2D eigenvalue weighted by Crippen LogP contribution is 2.28. The zero-order chi connectivity index (χ0) is 26.0. The average Bonchev–Trinajstić information content (AvgIpc) is 3.42. The van der Waals surface area contributed by atoms with Crippen LogP contribution in [0, 0.1) is 11.6 Å². The molecule has 0 aliphatic carbocycles. The maximum absolute atomic E-state index is 13.2. The molecule has 2 atom stereocenters. The van der Waals surface area contributed by atoms with Gasteiger partial charge in [-0.15, -0.1) is 0 Å². The summed E-state index contributed by atoms with van der Waals surface area (Å²) in [6, 6.07) is 7.21. The van der Waals surface area contributed by atoms with Crippen LogP contribution < -0.4 is 10.1 Å². The number of anilines is 1. The number of amides is 1. The Morgan fingerprint density at radius 1 is 1.26 bits per heavy atom. The third kappa shape index (κ3) is 8.78. The number of halogens is 4. The van der Waals surface area contributed by atoms with Crippen LogP contribution in [0.1, 0.15) is 45.7 Å². The number of carbonyl (C=O) groups is 1. The van der Waals surface area contributed by atoms with E-state index in [1.165, 1.54) is 19.2 Å². The molecule has 3 heterocycles. The fraction of sp³-hybridized carbons (Fsp3) is 0.520. The maximum Gasteiger partial charge on any atom is 0.261 e. The number of carbonyl (C=O) groups excluding carboxylic acids is 1. The number of nitrogens with zero attached hydrogens (tertiary/aromatic N) is 2. The molecule has 35 heavy (non-hydrogen) atoms. The Kier molecular flexibility index (Phi) is 10.9. The second-order valence-electron chi connectivity index (χ2n) is 8.11. The lowest BCUT2D eigenvalue weighted by atomic mass is 10.2. The van der Waals surface area contributed by atoms with E-state index < -0.39 is 23.7 Å². The third-order valence-corrected chi connectivity index (χ3v) is 5.38. The van der Waals surface area contributed by atoms with Gasteiger partial charge < -0.3 is 14.8 Å². The largest absolute Gasteiger partial charge is 0.494 e. The topological polar surface area (TPSA) is 63.7 Å². The van der Waals surface area contributed by atoms with E-state index in [9.17, 15) is 22.4 Å². The van der Waals surface area contributed by atoms with Gasteiger partial charge in [-0.05, 0) is 44.0 Å². The SMILES string of the molecule is CC.CC1CCC(C(=O)Nc2ccnc(CN3CCC(F)(F)C3)c2)O1.COc1cccc(F)c1F. The van der Waals surface area contributed by atoms with Crippen molar-refractivity contribution in [2.24, 2.45) is 0 Å². The van der Waals surface area contributed by atoms with Gasteiger partial charge in [0.15, 0.2) is 11.6 Å². The molecule has 0 radical (unpaired) electrons. The Balaban J connectivity index is 0.000000302. The molecule has 0 bridgehead atoms. The van der Waals surface area contributed by atoms with Gasteiger partial charge >= 0.3 is 0 Å². The molecule has 0 saturated carbocycles. The average molecular weight is 500 g/mol. The number of pyridine rings is 1. The van der Waals surface area contributed by atoms with Crippen molar-refractivity contribution in [1.82, 2.24) is 9.88 Å². The van der Waals surface area contributed by atoms with Crippen molar-refractivity contribution in [2.75, 3.05) is 25.5 Å². The van der Waals surface area contributed by atoms with Gasteiger partial charge in [-0.3, -0.25) is 14.7 Å². The zero-order valence-corrected chi connectivity index (χ0v) is 20.5. The highest BCUT2D eigenvalue weighted by molar-refractivity contribution is 5.94. The van der Waals surface area contributed by atoms with Crippen molar-refractivity contribution in [2.45, 2.75) is 64.7 Å². The van der Waals surface area contributed by atoms with E-state index in [2.05, 4.69) is 15.0 Å². The van der Waals surface area contributed by atoms with E-state index in [4.69, 9.17) is 4.74 Å². The number of alkyl halides is 2. The van der Waals surface area contributed by atoms with E-state index in [1.54, 1.807) is 23.2 Å². The van der Waals surface area contributed by atoms with Gasteiger partial charge in [-0.2, -0.15) is 4.39 Å². The first-order valence-corrected chi connectivity index (χ1v) is 11.7. The number of benzene rings is 1. The summed E-state index contributed by atoms with van der Waals surface area (Å²) >= 11 is 0. The van der Waals surface area contributed by atoms with Gasteiger partial charge in [0.1, 0.15) is 6.10 Å². The fourth-order valence-corrected chi connectivity index (χ4v) is 3.67. The van der Waals surface area contributed by atoms with Crippen molar-refractivity contribution in [3.8, 4) is 5.75 Å². The number of nitrogens with one attached hydrogen (secondary N) is 1. The van der Waals surface area contributed by atoms with E-state index in [0.717, 1.165) is 12.5 Å². The molecular weight excluding hydrogens is 466 g/mol. The molecule has 2 aliphatic heterocycles. The molecule has 6 nitrogen and oxygen atoms in total. The molecule has 2 aliphatic rings. The summed E-state index contributed by atoms with van der Waals surface area (Å²) in [4.78, 5) is 18.0. The van der Waals surface area contributed by atoms with Gasteiger partial charge in [0.25, 0.3) is 11.8 Å². The van der Waals surface area contributed by atoms with Crippen molar-refractivity contribution in [3.05, 3.63) is 53.9 Å². The Labute approximate surface area is 203 Å². The van der Waals surface area contributed by atoms with Crippen LogP contribution in [-0.2, 0) is 16.1 Å². The van der Waals surface area contributed by atoms with Crippen molar-refractivity contribution < 1.29 is 31.8 Å². The second kappa shape index (κ2) is 13.4. The first-order valence-electron chi connectivity index (χ1n) is 11.7. The predicted molar refractivity (Wildman–Crippen MR) is 126 cm³/mol. The van der Waals surface area contributed by atoms with E-state index in [0.29, 0.717) is 30.9 Å². The summed E-state index contributed by atoms with van der Waals surface area (Å²) in [5, 5.41) is 2.82. The summed E-state index contributed by atoms with van der Waals surface area (Å²) in [6.45, 7) is 6.43. The molecule has 2 aromatic rings. The number of aromatic nitrogens is 1. The Bertz CT molecular complexity index is 961. The normalized spacial score (nSPS) is 20.8. The number of hydrogen-bond acceptors (Lipinski definition) is 5. The third-order valence-electron chi connectivity index (χ3n) is 5.38. The predicted octanol–water partition coefficient (Wildman–Crippen LogP) is 5.43. The Hall–Kier alpha value is -2.72. The summed E-state index contributed by atoms with van der Waals surface area (Å²) in [5.74, 6) is -4.67. The van der Waals surface area contributed by atoms with E-state index in [1.807, 2.05) is 20.8 Å². The number of hydrogen-bond donors (Lipinski definition) is 1. The highest BCUT2D eigenvalue weighted by atomic mass is 19.3. The summed E-state index contributed by atoms with van der Waals surface area (Å²) in [6.07, 6.45) is 2.75. The molecule has 10 heteroatoms. The number of ether oxygens (including phenoxy) is 2. The van der Waals surface area contributed by atoms with Crippen LogP contribution in [0.25, 0.3) is 0 Å². The van der Waals surface area contributed by atoms with Crippen LogP contribution in [-0.4, -0.2) is 54.1 Å². The lowest BCUT2D eigenvalue weighted by Crippen LogP contribution is -2.28. The number of rotatable bonds is 5. The van der Waals surface area contributed by atoms with Crippen LogP contribution >= 0.6 is 0 Å². The highest BCUT2D eigenvalue weighted by Gasteiger charge is 2.38. The molecule has 194 valence electrons. The molecule has 1 aromatic carbocycles. The van der Waals surface area contributed by atoms with Gasteiger partial charge in [-0.25, -0.2) is 13.2 Å². The Morgan fingerprint density at radius 3 is 2.57 bits per heavy atom. The lowest BCUT2D eigenvalue weighted by molar-refractivity contribution is -0.126. The molecular formula is C25H33F4N3O3. The zero-order valence-electron chi connectivity index (χ0n) is 20.5. The minimum absolute atomic E-state index is 0.0694. The van der Waals surface area contributed by atoms with Crippen LogP contribution in [0.15, 0.2) is 36.5 Å². The fourth-order valence-electron chi connectivity index (χ4n) is 3.67. The molecule has 0 spiro atoms. The van der Waals surface area contributed by atoms with Gasteiger partial charge in [0.05, 0.1) is 25.5 Å². The second-order valence-corrected chi connectivity index (χ2v) is 8.11. The van der Waals surface area contributed by atoms with Crippen molar-refractivity contribution in [1.29, 1.82) is 0 Å². The summed E-state index contributed by atoms with van der Waals surface area (Å²) < 4.78 is 61.3. The number of likely N-dealkylation sites (tertiary alicyclic amines) is 1. The van der Waals surface area contributed by atoms with Gasteiger partial charge in [0.2, 0.25) is 5.82 Å². The van der Waals surface area contributed by atoms with Crippen LogP contribution in [0.5, 0.6) is 5.75 Å². The molecule has 2 saturated heterocycles. The number of methoxy groups -OCH3 is 1. The first-order chi connectivity index (χ1) is 16.7. The van der Waals surface area contributed by atoms with Crippen molar-refractivity contribution >= 4 is 11.6 Å². The van der Waals surface area contributed by atoms with Gasteiger partial charge in [-0.1, -0.05) is 19.9 Å². The lowest BCUT2D eigenvalue weighted by Gasteiger charge is -2.16. The van der Waals surface area contributed by atoms with Crippen LogP contribution in [0.3, 0.4) is 0 Å². The van der Waals surface area contributed by atoms with Gasteiger partial charge in [0, 0.05) is 31.4 Å². The minimum atomic E-state index is -2.61. The molecule has 1 aromatic heterocycles. The molecule has 1 N–H and O–H groups in total. The van der Waals surface area contributed by atoms with E-state index >= 15 is 0 Å². The minimum Gasteiger partial charge on any atom is -0.494 e. The Morgan fingerprint density at radius 2 is 2.00 bits per heavy atom. The van der Waals surface area contributed by atoms with Crippen LogP contribution in [0.4, 0.5) is 23.2 Å². The molecule has 1 amide bonds. The van der Waals surface area contributed by atoms with Crippen molar-refractivity contribution in [3.63, 3.8) is 0 Å². The molecule has 2 fully saturated rings. The molecule has 4 rings (SSSR count). The summed E-state index contributed by atoms with van der Waals surface area (Å²) in [5.41, 5.74) is 1.29. The quantitative estimate of drug-likeness (QED) is 0.556.